The number of carbonyl (C=O) groups is 1. The van der Waals surface area contributed by atoms with Gasteiger partial charge in [0.1, 0.15) is 0 Å². The van der Waals surface area contributed by atoms with E-state index in [4.69, 9.17) is 0 Å². The number of hydrogen-bond donors (Lipinski definition) is 1. The SMILES string of the molecule is CC(CC1CCCCC1)C(=O)N1CC[C@](O)(Cn2cnc(-c3ccccc3)cc2=O)C(C)(C)C1. The van der Waals surface area contributed by atoms with E-state index in [1.54, 1.807) is 0 Å². The van der Waals surface area contributed by atoms with Crippen molar-refractivity contribution in [2.24, 2.45) is 17.3 Å². The number of aromatic nitrogens is 2. The predicted molar refractivity (Wildman–Crippen MR) is 134 cm³/mol. The van der Waals surface area contributed by atoms with Crippen LogP contribution in [0.15, 0.2) is 47.5 Å². The molecule has 2 fully saturated rings. The molecule has 1 unspecified atom stereocenters. The van der Waals surface area contributed by atoms with Crippen molar-refractivity contribution >= 4 is 5.91 Å². The fraction of sp³-hybridized carbons (Fsp3) is 0.607. The van der Waals surface area contributed by atoms with Crippen molar-refractivity contribution in [3.05, 3.63) is 53.1 Å². The third-order valence-electron chi connectivity index (χ3n) is 8.17. The van der Waals surface area contributed by atoms with Crippen LogP contribution in [-0.2, 0) is 11.3 Å². The molecule has 1 aromatic heterocycles. The molecular formula is C28H39N3O3. The van der Waals surface area contributed by atoms with Gasteiger partial charge in [-0.05, 0) is 18.8 Å². The van der Waals surface area contributed by atoms with Crippen molar-refractivity contribution in [3.8, 4) is 11.3 Å². The third-order valence-corrected chi connectivity index (χ3v) is 8.17. The lowest BCUT2D eigenvalue weighted by Crippen LogP contribution is -2.61. The summed E-state index contributed by atoms with van der Waals surface area (Å²) in [6.45, 7) is 7.22. The lowest BCUT2D eigenvalue weighted by Gasteiger charge is -2.50. The van der Waals surface area contributed by atoms with Crippen LogP contribution in [0.3, 0.4) is 0 Å². The van der Waals surface area contributed by atoms with Crippen LogP contribution in [-0.4, -0.2) is 44.2 Å². The van der Waals surface area contributed by atoms with Gasteiger partial charge in [0, 0.05) is 36.1 Å². The summed E-state index contributed by atoms with van der Waals surface area (Å²) in [6, 6.07) is 11.1. The fourth-order valence-corrected chi connectivity index (χ4v) is 5.77. The van der Waals surface area contributed by atoms with Gasteiger partial charge in [-0.15, -0.1) is 0 Å². The number of benzene rings is 1. The van der Waals surface area contributed by atoms with E-state index in [1.807, 2.05) is 49.1 Å². The Kier molecular flexibility index (Phi) is 7.27. The molecule has 1 aliphatic carbocycles. The molecule has 2 heterocycles. The number of rotatable bonds is 6. The van der Waals surface area contributed by atoms with Gasteiger partial charge in [0.2, 0.25) is 5.91 Å². The minimum absolute atomic E-state index is 0.0162. The molecule has 2 aliphatic rings. The molecule has 1 aliphatic heterocycles. The quantitative estimate of drug-likeness (QED) is 0.681. The lowest BCUT2D eigenvalue weighted by molar-refractivity contribution is -0.157. The molecule has 0 bridgehead atoms. The summed E-state index contributed by atoms with van der Waals surface area (Å²) in [6.07, 6.45) is 9.33. The maximum absolute atomic E-state index is 13.2. The molecule has 4 rings (SSSR count). The van der Waals surface area contributed by atoms with Crippen molar-refractivity contribution in [1.82, 2.24) is 14.5 Å². The number of carbonyl (C=O) groups excluding carboxylic acids is 1. The van der Waals surface area contributed by atoms with Crippen molar-refractivity contribution in [2.75, 3.05) is 13.1 Å². The first-order valence-electron chi connectivity index (χ1n) is 12.8. The van der Waals surface area contributed by atoms with Gasteiger partial charge in [-0.3, -0.25) is 14.2 Å². The van der Waals surface area contributed by atoms with E-state index < -0.39 is 11.0 Å². The normalized spacial score (nSPS) is 24.1. The highest BCUT2D eigenvalue weighted by molar-refractivity contribution is 5.78. The molecule has 1 aromatic carbocycles. The Bertz CT molecular complexity index is 1040. The van der Waals surface area contributed by atoms with Crippen LogP contribution in [0.1, 0.15) is 65.7 Å². The number of nitrogens with zero attached hydrogens (tertiary/aromatic N) is 3. The Hall–Kier alpha value is -2.47. The highest BCUT2D eigenvalue weighted by atomic mass is 16.3. The average molecular weight is 466 g/mol. The summed E-state index contributed by atoms with van der Waals surface area (Å²) in [5.74, 6) is 0.884. The van der Waals surface area contributed by atoms with Crippen molar-refractivity contribution in [3.63, 3.8) is 0 Å². The number of hydrogen-bond acceptors (Lipinski definition) is 4. The van der Waals surface area contributed by atoms with E-state index in [2.05, 4.69) is 11.9 Å². The van der Waals surface area contributed by atoms with Gasteiger partial charge in [0.05, 0.1) is 24.2 Å². The van der Waals surface area contributed by atoms with Gasteiger partial charge in [-0.25, -0.2) is 4.98 Å². The van der Waals surface area contributed by atoms with Crippen LogP contribution in [0.2, 0.25) is 0 Å². The second-order valence-corrected chi connectivity index (χ2v) is 11.2. The minimum Gasteiger partial charge on any atom is -0.387 e. The van der Waals surface area contributed by atoms with Gasteiger partial charge in [0.15, 0.2) is 0 Å². The van der Waals surface area contributed by atoms with Gasteiger partial charge in [-0.2, -0.15) is 0 Å². The molecule has 1 saturated heterocycles. The Balaban J connectivity index is 1.42. The van der Waals surface area contributed by atoms with Gasteiger partial charge in [-0.1, -0.05) is 83.2 Å². The first-order chi connectivity index (χ1) is 16.2. The van der Waals surface area contributed by atoms with Crippen LogP contribution < -0.4 is 5.56 Å². The van der Waals surface area contributed by atoms with Crippen LogP contribution in [0, 0.1) is 17.3 Å². The average Bonchev–Trinajstić information content (AvgIpc) is 2.83. The zero-order valence-electron chi connectivity index (χ0n) is 20.9. The second kappa shape index (κ2) is 10.0. The number of amides is 1. The summed E-state index contributed by atoms with van der Waals surface area (Å²) >= 11 is 0. The molecule has 184 valence electrons. The molecule has 1 amide bonds. The number of likely N-dealkylation sites (tertiary alicyclic amines) is 1. The van der Waals surface area contributed by atoms with E-state index >= 15 is 0 Å². The summed E-state index contributed by atoms with van der Waals surface area (Å²) in [5, 5.41) is 11.6. The minimum atomic E-state index is -1.10. The fourth-order valence-electron chi connectivity index (χ4n) is 5.77. The Labute approximate surface area is 203 Å². The molecule has 34 heavy (non-hydrogen) atoms. The third kappa shape index (κ3) is 5.27. The maximum Gasteiger partial charge on any atom is 0.253 e. The van der Waals surface area contributed by atoms with Crippen molar-refractivity contribution in [2.45, 2.75) is 77.9 Å². The summed E-state index contributed by atoms with van der Waals surface area (Å²) in [7, 11) is 0. The molecule has 2 atom stereocenters. The highest BCUT2D eigenvalue weighted by Gasteiger charge is 2.49. The number of aliphatic hydroxyl groups is 1. The largest absolute Gasteiger partial charge is 0.387 e. The first-order valence-corrected chi connectivity index (χ1v) is 12.8. The summed E-state index contributed by atoms with van der Waals surface area (Å²) < 4.78 is 1.50. The Morgan fingerprint density at radius 1 is 1.18 bits per heavy atom. The van der Waals surface area contributed by atoms with E-state index in [9.17, 15) is 14.7 Å². The van der Waals surface area contributed by atoms with Crippen LogP contribution in [0.25, 0.3) is 11.3 Å². The molecular weight excluding hydrogens is 426 g/mol. The Morgan fingerprint density at radius 2 is 1.88 bits per heavy atom. The maximum atomic E-state index is 13.2. The highest BCUT2D eigenvalue weighted by Crippen LogP contribution is 2.40. The summed E-state index contributed by atoms with van der Waals surface area (Å²) in [5.41, 5.74) is -0.322. The first kappa shape index (κ1) is 24.6. The van der Waals surface area contributed by atoms with E-state index in [0.29, 0.717) is 31.1 Å². The Morgan fingerprint density at radius 3 is 2.53 bits per heavy atom. The summed E-state index contributed by atoms with van der Waals surface area (Å²) in [4.78, 5) is 32.5. The zero-order valence-corrected chi connectivity index (χ0v) is 20.9. The van der Waals surface area contributed by atoms with Crippen LogP contribution >= 0.6 is 0 Å². The lowest BCUT2D eigenvalue weighted by atomic mass is 9.69. The number of piperidine rings is 1. The molecule has 0 spiro atoms. The van der Waals surface area contributed by atoms with E-state index in [1.165, 1.54) is 49.1 Å². The molecule has 6 nitrogen and oxygen atoms in total. The second-order valence-electron chi connectivity index (χ2n) is 11.2. The molecule has 2 aromatic rings. The van der Waals surface area contributed by atoms with Crippen LogP contribution in [0.5, 0.6) is 0 Å². The van der Waals surface area contributed by atoms with Crippen LogP contribution in [0.4, 0.5) is 0 Å². The molecule has 0 radical (unpaired) electrons. The van der Waals surface area contributed by atoms with E-state index in [0.717, 1.165) is 12.0 Å². The van der Waals surface area contributed by atoms with Crippen molar-refractivity contribution < 1.29 is 9.90 Å². The monoisotopic (exact) mass is 465 g/mol. The standard InChI is InChI=1S/C28H39N3O3/c1-21(16-22-10-6-4-7-11-22)26(33)30-15-14-28(34,27(2,3)18-30)19-31-20-29-24(17-25(31)32)23-12-8-5-9-13-23/h5,8-9,12-13,17,20-22,34H,4,6-7,10-11,14-16,18-19H2,1-3H3/t21?,28-/m0/s1. The molecule has 1 saturated carbocycles. The zero-order chi connectivity index (χ0) is 24.3. The smallest absolute Gasteiger partial charge is 0.253 e. The predicted octanol–water partition coefficient (Wildman–Crippen LogP) is 4.51. The van der Waals surface area contributed by atoms with Gasteiger partial charge >= 0.3 is 0 Å². The van der Waals surface area contributed by atoms with Gasteiger partial charge in [0.25, 0.3) is 5.56 Å². The van der Waals surface area contributed by atoms with E-state index in [-0.39, 0.29) is 23.9 Å². The topological polar surface area (TPSA) is 75.4 Å². The van der Waals surface area contributed by atoms with Crippen molar-refractivity contribution in [1.29, 1.82) is 0 Å². The molecule has 6 heteroatoms. The van der Waals surface area contributed by atoms with Gasteiger partial charge < -0.3 is 10.0 Å². The molecule has 1 N–H and O–H groups in total.